The van der Waals surface area contributed by atoms with Crippen LogP contribution < -0.4 is 10.0 Å². The smallest absolute Gasteiger partial charge is 0.261 e. The van der Waals surface area contributed by atoms with Crippen LogP contribution in [0.3, 0.4) is 0 Å². The molecule has 0 radical (unpaired) electrons. The molecular formula is C25H22N4O4S. The minimum atomic E-state index is -3.84. The quantitative estimate of drug-likeness (QED) is 0.392. The Labute approximate surface area is 197 Å². The van der Waals surface area contributed by atoms with Crippen molar-refractivity contribution in [2.45, 2.75) is 24.7 Å². The van der Waals surface area contributed by atoms with Gasteiger partial charge in [0.15, 0.2) is 0 Å². The fourth-order valence-corrected chi connectivity index (χ4v) is 4.43. The monoisotopic (exact) mass is 474 g/mol. The van der Waals surface area contributed by atoms with Gasteiger partial charge in [-0.15, -0.1) is 10.2 Å². The van der Waals surface area contributed by atoms with Crippen LogP contribution in [0.4, 0.5) is 11.4 Å². The molecule has 2 N–H and O–H groups in total. The lowest BCUT2D eigenvalue weighted by molar-refractivity contribution is -0.120. The maximum Gasteiger partial charge on any atom is 0.261 e. The van der Waals surface area contributed by atoms with Crippen molar-refractivity contribution in [3.63, 3.8) is 0 Å². The lowest BCUT2D eigenvalue weighted by atomic mass is 10.1. The average molecular weight is 475 g/mol. The van der Waals surface area contributed by atoms with Gasteiger partial charge in [-0.3, -0.25) is 9.52 Å². The van der Waals surface area contributed by atoms with E-state index in [-0.39, 0.29) is 16.2 Å². The summed E-state index contributed by atoms with van der Waals surface area (Å²) >= 11 is 0. The number of anilines is 2. The number of rotatable bonds is 7. The lowest BCUT2D eigenvalue weighted by Gasteiger charge is -2.12. The second-order valence-electron chi connectivity index (χ2n) is 8.50. The van der Waals surface area contributed by atoms with Crippen LogP contribution in [0.1, 0.15) is 19.8 Å². The summed E-state index contributed by atoms with van der Waals surface area (Å²) < 4.78 is 34.1. The standard InChI is InChI=1S/C25H22N4O4S/c1-25(14-15-25)24(30)26-19-8-5-9-20(16-19)29-34(31,32)21-12-10-18(11-13-21)23-28-27-22(33-23)17-6-3-2-4-7-17/h2-13,16,29H,14-15H2,1H3,(H,26,30). The van der Waals surface area contributed by atoms with Crippen LogP contribution >= 0.6 is 0 Å². The Kier molecular flexibility index (Phi) is 5.41. The van der Waals surface area contributed by atoms with E-state index in [1.54, 1.807) is 36.4 Å². The van der Waals surface area contributed by atoms with Gasteiger partial charge in [0.25, 0.3) is 10.0 Å². The molecule has 0 spiro atoms. The van der Waals surface area contributed by atoms with E-state index in [2.05, 4.69) is 20.2 Å². The van der Waals surface area contributed by atoms with Crippen LogP contribution in [-0.2, 0) is 14.8 Å². The summed E-state index contributed by atoms with van der Waals surface area (Å²) in [6, 6.07) is 22.2. The zero-order valence-corrected chi connectivity index (χ0v) is 19.2. The molecule has 0 aliphatic heterocycles. The Bertz CT molecular complexity index is 1440. The molecule has 9 heteroatoms. The second-order valence-corrected chi connectivity index (χ2v) is 10.2. The van der Waals surface area contributed by atoms with Crippen molar-refractivity contribution in [3.05, 3.63) is 78.9 Å². The van der Waals surface area contributed by atoms with Crippen LogP contribution in [-0.4, -0.2) is 24.5 Å². The van der Waals surface area contributed by atoms with Gasteiger partial charge in [-0.25, -0.2) is 8.42 Å². The van der Waals surface area contributed by atoms with Crippen LogP contribution in [0.5, 0.6) is 0 Å². The van der Waals surface area contributed by atoms with Gasteiger partial charge < -0.3 is 9.73 Å². The molecule has 1 saturated carbocycles. The Hall–Kier alpha value is -3.98. The zero-order valence-electron chi connectivity index (χ0n) is 18.4. The third-order valence-corrected chi connectivity index (χ3v) is 7.18. The molecule has 1 aromatic heterocycles. The van der Waals surface area contributed by atoms with Crippen LogP contribution in [0.2, 0.25) is 0 Å². The van der Waals surface area contributed by atoms with Crippen molar-refractivity contribution in [2.75, 3.05) is 10.0 Å². The highest BCUT2D eigenvalue weighted by atomic mass is 32.2. The van der Waals surface area contributed by atoms with Gasteiger partial charge in [-0.1, -0.05) is 31.2 Å². The minimum Gasteiger partial charge on any atom is -0.416 e. The molecule has 1 aliphatic carbocycles. The molecule has 0 saturated heterocycles. The average Bonchev–Trinajstić information content (AvgIpc) is 3.40. The SMILES string of the molecule is CC1(C(=O)Nc2cccc(NS(=O)(=O)c3ccc(-c4nnc(-c5ccccc5)o4)cc3)c2)CC1. The number of carbonyl (C=O) groups is 1. The van der Waals surface area contributed by atoms with Gasteiger partial charge in [-0.05, 0) is 67.4 Å². The molecule has 5 rings (SSSR count). The highest BCUT2D eigenvalue weighted by molar-refractivity contribution is 7.92. The number of sulfonamides is 1. The molecule has 1 fully saturated rings. The normalized spacial score (nSPS) is 14.4. The van der Waals surface area contributed by atoms with E-state index in [1.165, 1.54) is 12.1 Å². The number of carbonyl (C=O) groups excluding carboxylic acids is 1. The van der Waals surface area contributed by atoms with Gasteiger partial charge in [0.05, 0.1) is 10.6 Å². The fourth-order valence-electron chi connectivity index (χ4n) is 3.38. The van der Waals surface area contributed by atoms with Gasteiger partial charge >= 0.3 is 0 Å². The molecule has 172 valence electrons. The summed E-state index contributed by atoms with van der Waals surface area (Å²) in [6.07, 6.45) is 1.72. The van der Waals surface area contributed by atoms with Gasteiger partial charge in [-0.2, -0.15) is 0 Å². The van der Waals surface area contributed by atoms with E-state index in [0.717, 1.165) is 18.4 Å². The summed E-state index contributed by atoms with van der Waals surface area (Å²) in [5.41, 5.74) is 1.98. The van der Waals surface area contributed by atoms with Crippen LogP contribution in [0.25, 0.3) is 22.9 Å². The number of benzene rings is 3. The molecule has 0 bridgehead atoms. The van der Waals surface area contributed by atoms with Crippen molar-refractivity contribution in [1.29, 1.82) is 0 Å². The number of hydrogen-bond donors (Lipinski definition) is 2. The third kappa shape index (κ3) is 4.55. The number of nitrogens with one attached hydrogen (secondary N) is 2. The van der Waals surface area contributed by atoms with Crippen molar-refractivity contribution in [1.82, 2.24) is 10.2 Å². The lowest BCUT2D eigenvalue weighted by Crippen LogP contribution is -2.21. The molecular weight excluding hydrogens is 452 g/mol. The van der Waals surface area contributed by atoms with Crippen LogP contribution in [0.15, 0.2) is 88.2 Å². The Morgan fingerprint density at radius 2 is 1.47 bits per heavy atom. The summed E-state index contributed by atoms with van der Waals surface area (Å²) in [4.78, 5) is 12.4. The molecule has 4 aromatic rings. The number of hydrogen-bond acceptors (Lipinski definition) is 6. The van der Waals surface area contributed by atoms with Crippen molar-refractivity contribution in [3.8, 4) is 22.9 Å². The Morgan fingerprint density at radius 3 is 2.12 bits per heavy atom. The molecule has 34 heavy (non-hydrogen) atoms. The number of nitrogens with zero attached hydrogens (tertiary/aromatic N) is 2. The first kappa shape index (κ1) is 21.8. The summed E-state index contributed by atoms with van der Waals surface area (Å²) in [5, 5.41) is 11.0. The van der Waals surface area contributed by atoms with Crippen molar-refractivity contribution >= 4 is 27.3 Å². The van der Waals surface area contributed by atoms with Gasteiger partial charge in [0, 0.05) is 22.2 Å². The summed E-state index contributed by atoms with van der Waals surface area (Å²) in [7, 11) is -3.84. The summed E-state index contributed by atoms with van der Waals surface area (Å²) in [6.45, 7) is 1.91. The first-order valence-electron chi connectivity index (χ1n) is 10.8. The Balaban J connectivity index is 1.30. The fraction of sp³-hybridized carbons (Fsp3) is 0.160. The summed E-state index contributed by atoms with van der Waals surface area (Å²) in [5.74, 6) is 0.625. The molecule has 3 aromatic carbocycles. The van der Waals surface area contributed by atoms with E-state index in [9.17, 15) is 13.2 Å². The van der Waals surface area contributed by atoms with E-state index in [4.69, 9.17) is 4.42 Å². The maximum absolute atomic E-state index is 12.9. The van der Waals surface area contributed by atoms with Crippen LogP contribution in [0, 0.1) is 5.41 Å². The Morgan fingerprint density at radius 1 is 0.853 bits per heavy atom. The van der Waals surface area contributed by atoms with E-state index >= 15 is 0 Å². The largest absolute Gasteiger partial charge is 0.416 e. The predicted molar refractivity (Wildman–Crippen MR) is 128 cm³/mol. The molecule has 1 amide bonds. The van der Waals surface area contributed by atoms with Crippen molar-refractivity contribution < 1.29 is 17.6 Å². The van der Waals surface area contributed by atoms with Gasteiger partial charge in [0.1, 0.15) is 0 Å². The molecule has 0 atom stereocenters. The molecule has 1 aliphatic rings. The first-order chi connectivity index (χ1) is 16.3. The molecule has 8 nitrogen and oxygen atoms in total. The van der Waals surface area contributed by atoms with Crippen molar-refractivity contribution in [2.24, 2.45) is 5.41 Å². The van der Waals surface area contributed by atoms with E-state index in [0.29, 0.717) is 28.7 Å². The van der Waals surface area contributed by atoms with Gasteiger partial charge in [0.2, 0.25) is 17.7 Å². The third-order valence-electron chi connectivity index (χ3n) is 5.78. The first-order valence-corrected chi connectivity index (χ1v) is 12.2. The number of aromatic nitrogens is 2. The molecule has 0 unspecified atom stereocenters. The highest BCUT2D eigenvalue weighted by Gasteiger charge is 2.44. The molecule has 1 heterocycles. The topological polar surface area (TPSA) is 114 Å². The zero-order chi connectivity index (χ0) is 23.8. The number of amides is 1. The van der Waals surface area contributed by atoms with E-state index in [1.807, 2.05) is 37.3 Å². The van der Waals surface area contributed by atoms with E-state index < -0.39 is 10.0 Å². The second kappa shape index (κ2) is 8.42. The highest BCUT2D eigenvalue weighted by Crippen LogP contribution is 2.45. The predicted octanol–water partition coefficient (Wildman–Crippen LogP) is 4.94. The minimum absolute atomic E-state index is 0.0560. The maximum atomic E-state index is 12.9.